The van der Waals surface area contributed by atoms with Crippen molar-refractivity contribution in [3.63, 3.8) is 0 Å². The lowest BCUT2D eigenvalue weighted by Gasteiger charge is -2.27. The fourth-order valence-electron chi connectivity index (χ4n) is 2.50. The zero-order chi connectivity index (χ0) is 20.4. The lowest BCUT2D eigenvalue weighted by atomic mass is 10.1. The molecule has 0 aliphatic heterocycles. The Morgan fingerprint density at radius 3 is 2.07 bits per heavy atom. The second-order valence-electron chi connectivity index (χ2n) is 5.95. The van der Waals surface area contributed by atoms with Crippen LogP contribution in [0.15, 0.2) is 42.5 Å². The van der Waals surface area contributed by atoms with Crippen molar-refractivity contribution in [1.29, 1.82) is 0 Å². The molecule has 2 aromatic rings. The highest BCUT2D eigenvalue weighted by Crippen LogP contribution is 2.32. The predicted molar refractivity (Wildman–Crippen MR) is 89.0 cm³/mol. The summed E-state index contributed by atoms with van der Waals surface area (Å²) in [5.41, 5.74) is 0.0650. The first-order valence-corrected chi connectivity index (χ1v) is 7.81. The van der Waals surface area contributed by atoms with Crippen molar-refractivity contribution in [3.8, 4) is 0 Å². The molecule has 0 saturated carbocycles. The normalized spacial score (nSPS) is 11.4. The Balaban J connectivity index is 2.43. The maximum atomic E-state index is 13.5. The number of alkyl halides is 3. The van der Waals surface area contributed by atoms with E-state index in [1.807, 2.05) is 0 Å². The van der Waals surface area contributed by atoms with Gasteiger partial charge in [-0.05, 0) is 56.3 Å². The summed E-state index contributed by atoms with van der Waals surface area (Å²) in [6.45, 7) is 3.31. The van der Waals surface area contributed by atoms with Crippen molar-refractivity contribution < 1.29 is 32.4 Å². The van der Waals surface area contributed by atoms with Crippen LogP contribution in [0, 0.1) is 5.82 Å². The molecule has 144 valence electrons. The van der Waals surface area contributed by atoms with Crippen molar-refractivity contribution in [3.05, 3.63) is 65.0 Å². The molecule has 0 bridgehead atoms. The second-order valence-corrected chi connectivity index (χ2v) is 5.95. The van der Waals surface area contributed by atoms with Gasteiger partial charge in [-0.3, -0.25) is 14.8 Å². The van der Waals surface area contributed by atoms with Crippen LogP contribution in [-0.4, -0.2) is 23.1 Å². The lowest BCUT2D eigenvalue weighted by molar-refractivity contribution is -0.140. The number of carbonyl (C=O) groups excluding carboxylic acids is 2. The summed E-state index contributed by atoms with van der Waals surface area (Å²) in [6, 6.07) is 7.13. The number of anilines is 1. The Morgan fingerprint density at radius 2 is 1.59 bits per heavy atom. The zero-order valence-electron chi connectivity index (χ0n) is 14.3. The van der Waals surface area contributed by atoms with E-state index in [0.29, 0.717) is 17.8 Å². The first kappa shape index (κ1) is 20.4. The van der Waals surface area contributed by atoms with E-state index in [1.165, 1.54) is 34.6 Å². The summed E-state index contributed by atoms with van der Waals surface area (Å²) < 4.78 is 52.2. The number of carbonyl (C=O) groups is 2. The van der Waals surface area contributed by atoms with Gasteiger partial charge in [-0.1, -0.05) is 0 Å². The summed E-state index contributed by atoms with van der Waals surface area (Å²) in [6.07, 6.45) is -4.93. The minimum Gasteiger partial charge on any atom is -0.306 e. The maximum absolute atomic E-state index is 13.5. The van der Waals surface area contributed by atoms with E-state index in [9.17, 15) is 27.2 Å². The van der Waals surface area contributed by atoms with Gasteiger partial charge in [-0.2, -0.15) is 13.2 Å². The molecule has 0 heterocycles. The van der Waals surface area contributed by atoms with E-state index >= 15 is 0 Å². The summed E-state index contributed by atoms with van der Waals surface area (Å²) in [5, 5.41) is 8.62. The van der Waals surface area contributed by atoms with Crippen LogP contribution < -0.4 is 10.4 Å². The molecule has 0 fully saturated rings. The van der Waals surface area contributed by atoms with Crippen molar-refractivity contribution >= 4 is 17.5 Å². The van der Waals surface area contributed by atoms with Crippen LogP contribution in [-0.2, 0) is 6.18 Å². The molecule has 2 aromatic carbocycles. The third-order valence-electron chi connectivity index (χ3n) is 3.76. The fourth-order valence-corrected chi connectivity index (χ4v) is 2.50. The van der Waals surface area contributed by atoms with E-state index in [2.05, 4.69) is 0 Å². The van der Waals surface area contributed by atoms with Crippen LogP contribution in [0.2, 0.25) is 0 Å². The van der Waals surface area contributed by atoms with Crippen LogP contribution in [0.4, 0.5) is 23.2 Å². The number of rotatable bonds is 4. The smallest absolute Gasteiger partial charge is 0.306 e. The lowest BCUT2D eigenvalue weighted by Crippen LogP contribution is -2.37. The summed E-state index contributed by atoms with van der Waals surface area (Å²) >= 11 is 0. The molecule has 0 unspecified atom stereocenters. The SMILES string of the molecule is CC(C)N(C(=O)c1ccc(F)c(C(F)(F)F)c1)c1ccc(C(=O)NO)cc1. The van der Waals surface area contributed by atoms with Gasteiger partial charge in [-0.15, -0.1) is 0 Å². The average molecular weight is 384 g/mol. The van der Waals surface area contributed by atoms with Crippen LogP contribution in [0.5, 0.6) is 0 Å². The van der Waals surface area contributed by atoms with Crippen molar-refractivity contribution in [2.24, 2.45) is 0 Å². The van der Waals surface area contributed by atoms with E-state index < -0.39 is 35.4 Å². The van der Waals surface area contributed by atoms with Crippen molar-refractivity contribution in [2.75, 3.05) is 4.90 Å². The van der Waals surface area contributed by atoms with E-state index in [4.69, 9.17) is 5.21 Å². The number of halogens is 4. The van der Waals surface area contributed by atoms with Gasteiger partial charge >= 0.3 is 6.18 Å². The fraction of sp³-hybridized carbons (Fsp3) is 0.222. The summed E-state index contributed by atoms with van der Waals surface area (Å²) in [5.74, 6) is -2.97. The topological polar surface area (TPSA) is 69.6 Å². The molecule has 5 nitrogen and oxygen atoms in total. The van der Waals surface area contributed by atoms with E-state index in [1.54, 1.807) is 13.8 Å². The number of nitrogens with zero attached hydrogens (tertiary/aromatic N) is 1. The molecule has 9 heteroatoms. The molecular weight excluding hydrogens is 368 g/mol. The van der Waals surface area contributed by atoms with Crippen molar-refractivity contribution in [2.45, 2.75) is 26.1 Å². The quantitative estimate of drug-likeness (QED) is 0.475. The van der Waals surface area contributed by atoms with Gasteiger partial charge in [0.1, 0.15) is 5.82 Å². The number of amides is 2. The predicted octanol–water partition coefficient (Wildman–Crippen LogP) is 4.02. The largest absolute Gasteiger partial charge is 0.419 e. The highest BCUT2D eigenvalue weighted by Gasteiger charge is 2.35. The molecule has 0 saturated heterocycles. The van der Waals surface area contributed by atoms with E-state index in [-0.39, 0.29) is 11.1 Å². The molecule has 0 spiro atoms. The number of hydroxylamine groups is 1. The first-order valence-electron chi connectivity index (χ1n) is 7.81. The molecule has 0 aromatic heterocycles. The first-order chi connectivity index (χ1) is 12.6. The Kier molecular flexibility index (Phi) is 5.85. The van der Waals surface area contributed by atoms with Gasteiger partial charge in [-0.25, -0.2) is 9.87 Å². The van der Waals surface area contributed by atoms with Crippen LogP contribution in [0.25, 0.3) is 0 Å². The molecular formula is C18H16F4N2O3. The minimum absolute atomic E-state index is 0.124. The van der Waals surface area contributed by atoms with Crippen LogP contribution in [0.1, 0.15) is 40.1 Å². The minimum atomic E-state index is -4.93. The standard InChI is InChI=1S/C18H16F4N2O3/c1-10(2)24(13-6-3-11(4-7-13)16(25)23-27)17(26)12-5-8-15(19)14(9-12)18(20,21)22/h3-10,27H,1-2H3,(H,23,25). The van der Waals surface area contributed by atoms with Gasteiger partial charge in [0.2, 0.25) is 0 Å². The third-order valence-corrected chi connectivity index (χ3v) is 3.76. The monoisotopic (exact) mass is 384 g/mol. The van der Waals surface area contributed by atoms with E-state index in [0.717, 1.165) is 6.07 Å². The van der Waals surface area contributed by atoms with Crippen molar-refractivity contribution in [1.82, 2.24) is 5.48 Å². The number of nitrogens with one attached hydrogen (secondary N) is 1. The zero-order valence-corrected chi connectivity index (χ0v) is 14.3. The van der Waals surface area contributed by atoms with Gasteiger partial charge in [0.05, 0.1) is 5.56 Å². The number of hydrogen-bond acceptors (Lipinski definition) is 3. The van der Waals surface area contributed by atoms with Gasteiger partial charge < -0.3 is 4.90 Å². The molecule has 0 atom stereocenters. The van der Waals surface area contributed by atoms with Crippen LogP contribution >= 0.6 is 0 Å². The Bertz CT molecular complexity index is 849. The highest BCUT2D eigenvalue weighted by molar-refractivity contribution is 6.06. The molecule has 2 N–H and O–H groups in total. The molecule has 0 aliphatic rings. The van der Waals surface area contributed by atoms with Gasteiger partial charge in [0.15, 0.2) is 0 Å². The molecule has 2 rings (SSSR count). The number of hydrogen-bond donors (Lipinski definition) is 2. The molecule has 2 amide bonds. The van der Waals surface area contributed by atoms with Crippen LogP contribution in [0.3, 0.4) is 0 Å². The molecule has 0 radical (unpaired) electrons. The van der Waals surface area contributed by atoms with Gasteiger partial charge in [0, 0.05) is 22.9 Å². The molecule has 27 heavy (non-hydrogen) atoms. The Hall–Kier alpha value is -2.94. The Labute approximate surface area is 152 Å². The van der Waals surface area contributed by atoms with Gasteiger partial charge in [0.25, 0.3) is 11.8 Å². The highest BCUT2D eigenvalue weighted by atomic mass is 19.4. The maximum Gasteiger partial charge on any atom is 0.419 e. The Morgan fingerprint density at radius 1 is 1.04 bits per heavy atom. The third kappa shape index (κ3) is 4.43. The second kappa shape index (κ2) is 7.75. The summed E-state index contributed by atoms with van der Waals surface area (Å²) in [4.78, 5) is 25.3. The molecule has 0 aliphatic carbocycles. The summed E-state index contributed by atoms with van der Waals surface area (Å²) in [7, 11) is 0. The number of benzene rings is 2. The average Bonchev–Trinajstić information content (AvgIpc) is 2.60.